The number of nitrogens with zero attached hydrogens (tertiary/aromatic N) is 1. The second-order valence-electron chi connectivity index (χ2n) is 5.98. The van der Waals surface area contributed by atoms with Crippen LogP contribution in [0.5, 0.6) is 0 Å². The van der Waals surface area contributed by atoms with Crippen LogP contribution in [0.2, 0.25) is 0 Å². The Kier molecular flexibility index (Phi) is 3.59. The zero-order valence-corrected chi connectivity index (χ0v) is 12.8. The van der Waals surface area contributed by atoms with Crippen molar-refractivity contribution in [1.29, 1.82) is 0 Å². The average Bonchev–Trinajstić information content (AvgIpc) is 2.36. The molecule has 0 saturated carbocycles. The summed E-state index contributed by atoms with van der Waals surface area (Å²) in [6.45, 7) is 9.45. The first-order valence-corrected chi connectivity index (χ1v) is 7.01. The molecule has 1 fully saturated rings. The van der Waals surface area contributed by atoms with Crippen LogP contribution in [0.25, 0.3) is 0 Å². The van der Waals surface area contributed by atoms with Gasteiger partial charge in [-0.1, -0.05) is 13.0 Å². The molecule has 2 rings (SSSR count). The van der Waals surface area contributed by atoms with E-state index in [0.29, 0.717) is 6.42 Å². The maximum absolute atomic E-state index is 12.7. The monoisotopic (exact) mass is 274 g/mol. The van der Waals surface area contributed by atoms with Gasteiger partial charge < -0.3 is 5.32 Å². The molecule has 1 aromatic rings. The molecule has 1 aliphatic heterocycles. The van der Waals surface area contributed by atoms with Gasteiger partial charge in [0.15, 0.2) is 0 Å². The van der Waals surface area contributed by atoms with E-state index in [1.165, 1.54) is 5.56 Å². The van der Waals surface area contributed by atoms with Crippen molar-refractivity contribution in [2.45, 2.75) is 52.6 Å². The molecule has 0 radical (unpaired) electrons. The Morgan fingerprint density at radius 3 is 2.40 bits per heavy atom. The Labute approximate surface area is 120 Å². The van der Waals surface area contributed by atoms with Gasteiger partial charge in [-0.3, -0.25) is 14.5 Å². The van der Waals surface area contributed by atoms with Crippen LogP contribution in [0.15, 0.2) is 18.2 Å². The fourth-order valence-electron chi connectivity index (χ4n) is 2.55. The lowest BCUT2D eigenvalue weighted by Crippen LogP contribution is -2.68. The number of carbonyl (C=O) groups excluding carboxylic acids is 2. The number of anilines is 1. The maximum Gasteiger partial charge on any atom is 0.252 e. The molecule has 0 bridgehead atoms. The number of aryl methyl sites for hydroxylation is 2. The first-order valence-electron chi connectivity index (χ1n) is 7.01. The van der Waals surface area contributed by atoms with Crippen molar-refractivity contribution in [3.8, 4) is 0 Å². The first kappa shape index (κ1) is 14.6. The van der Waals surface area contributed by atoms with Crippen LogP contribution >= 0.6 is 0 Å². The summed E-state index contributed by atoms with van der Waals surface area (Å²) in [6.07, 6.45) is 0.598. The Hall–Kier alpha value is -1.84. The summed E-state index contributed by atoms with van der Waals surface area (Å²) in [6, 6.07) is 5.45. The smallest absolute Gasteiger partial charge is 0.252 e. The van der Waals surface area contributed by atoms with Gasteiger partial charge in [-0.2, -0.15) is 0 Å². The molecule has 1 unspecified atom stereocenters. The summed E-state index contributed by atoms with van der Waals surface area (Å²) in [5.74, 6) is -0.150. The van der Waals surface area contributed by atoms with E-state index in [-0.39, 0.29) is 11.8 Å². The zero-order valence-electron chi connectivity index (χ0n) is 12.8. The Balaban J connectivity index is 2.51. The third-order valence-corrected chi connectivity index (χ3v) is 3.96. The molecule has 0 aliphatic carbocycles. The van der Waals surface area contributed by atoms with Gasteiger partial charge in [-0.05, 0) is 57.4 Å². The van der Waals surface area contributed by atoms with Gasteiger partial charge in [-0.15, -0.1) is 0 Å². The van der Waals surface area contributed by atoms with Gasteiger partial charge in [0, 0.05) is 5.69 Å². The van der Waals surface area contributed by atoms with Gasteiger partial charge in [0.2, 0.25) is 5.91 Å². The number of hydrogen-bond donors (Lipinski definition) is 1. The maximum atomic E-state index is 12.7. The number of hydrogen-bond acceptors (Lipinski definition) is 2. The van der Waals surface area contributed by atoms with Crippen LogP contribution in [0.3, 0.4) is 0 Å². The highest BCUT2D eigenvalue weighted by Crippen LogP contribution is 2.28. The van der Waals surface area contributed by atoms with E-state index in [2.05, 4.69) is 5.32 Å². The molecule has 1 atom stereocenters. The molecule has 0 spiro atoms. The third-order valence-electron chi connectivity index (χ3n) is 3.96. The predicted octanol–water partition coefficient (Wildman–Crippen LogP) is 2.32. The molecule has 1 saturated heterocycles. The number of piperazine rings is 1. The second-order valence-corrected chi connectivity index (χ2v) is 5.98. The van der Waals surface area contributed by atoms with Gasteiger partial charge in [0.25, 0.3) is 5.91 Å². The molecule has 2 amide bonds. The SMILES string of the molecule is CCC1C(=O)NC(C)(C)C(=O)N1c1ccc(C)c(C)c1. The van der Waals surface area contributed by atoms with Crippen LogP contribution in [-0.4, -0.2) is 23.4 Å². The summed E-state index contributed by atoms with van der Waals surface area (Å²) in [5.41, 5.74) is 2.23. The van der Waals surface area contributed by atoms with Crippen molar-refractivity contribution in [2.75, 3.05) is 4.90 Å². The van der Waals surface area contributed by atoms with Gasteiger partial charge in [0.05, 0.1) is 0 Å². The summed E-state index contributed by atoms with van der Waals surface area (Å²) < 4.78 is 0. The highest BCUT2D eigenvalue weighted by atomic mass is 16.2. The summed E-state index contributed by atoms with van der Waals surface area (Å²) in [5, 5.41) is 2.80. The van der Waals surface area contributed by atoms with E-state index in [9.17, 15) is 9.59 Å². The van der Waals surface area contributed by atoms with Crippen molar-refractivity contribution in [3.05, 3.63) is 29.3 Å². The average molecular weight is 274 g/mol. The first-order chi connectivity index (χ1) is 9.27. The van der Waals surface area contributed by atoms with E-state index < -0.39 is 11.6 Å². The van der Waals surface area contributed by atoms with E-state index in [4.69, 9.17) is 0 Å². The van der Waals surface area contributed by atoms with Crippen molar-refractivity contribution < 1.29 is 9.59 Å². The minimum atomic E-state index is -0.860. The zero-order chi connectivity index (χ0) is 15.1. The topological polar surface area (TPSA) is 49.4 Å². The summed E-state index contributed by atoms with van der Waals surface area (Å²) in [7, 11) is 0. The standard InChI is InChI=1S/C16H22N2O2/c1-6-13-14(19)17-16(4,5)15(20)18(13)12-8-7-10(2)11(3)9-12/h7-9,13H,6H2,1-5H3,(H,17,19). The van der Waals surface area contributed by atoms with E-state index in [0.717, 1.165) is 11.3 Å². The quantitative estimate of drug-likeness (QED) is 0.899. The second kappa shape index (κ2) is 4.93. The number of amides is 2. The molecule has 0 aromatic heterocycles. The molecule has 20 heavy (non-hydrogen) atoms. The molecule has 4 nitrogen and oxygen atoms in total. The highest BCUT2D eigenvalue weighted by Gasteiger charge is 2.45. The highest BCUT2D eigenvalue weighted by molar-refractivity contribution is 6.10. The molecule has 1 aliphatic rings. The van der Waals surface area contributed by atoms with E-state index in [1.54, 1.807) is 18.7 Å². The number of benzene rings is 1. The Bertz CT molecular complexity index is 564. The largest absolute Gasteiger partial charge is 0.340 e. The number of rotatable bonds is 2. The third kappa shape index (κ3) is 2.30. The van der Waals surface area contributed by atoms with Crippen LogP contribution in [-0.2, 0) is 9.59 Å². The molecule has 108 valence electrons. The van der Waals surface area contributed by atoms with Crippen molar-refractivity contribution in [3.63, 3.8) is 0 Å². The number of nitrogens with one attached hydrogen (secondary N) is 1. The fraction of sp³-hybridized carbons (Fsp3) is 0.500. The van der Waals surface area contributed by atoms with Crippen molar-refractivity contribution >= 4 is 17.5 Å². The van der Waals surface area contributed by atoms with Gasteiger partial charge >= 0.3 is 0 Å². The normalized spacial score (nSPS) is 21.9. The van der Waals surface area contributed by atoms with Crippen molar-refractivity contribution in [1.82, 2.24) is 5.32 Å². The lowest BCUT2D eigenvalue weighted by Gasteiger charge is -2.42. The number of carbonyl (C=O) groups is 2. The fourth-order valence-corrected chi connectivity index (χ4v) is 2.55. The Morgan fingerprint density at radius 2 is 1.85 bits per heavy atom. The summed E-state index contributed by atoms with van der Waals surface area (Å²) >= 11 is 0. The predicted molar refractivity (Wildman–Crippen MR) is 79.7 cm³/mol. The van der Waals surface area contributed by atoms with Crippen LogP contribution in [0.4, 0.5) is 5.69 Å². The lowest BCUT2D eigenvalue weighted by molar-refractivity contribution is -0.137. The van der Waals surface area contributed by atoms with E-state index >= 15 is 0 Å². The van der Waals surface area contributed by atoms with Gasteiger partial charge in [0.1, 0.15) is 11.6 Å². The molecule has 4 heteroatoms. The lowest BCUT2D eigenvalue weighted by atomic mass is 9.94. The molecule has 1 aromatic carbocycles. The minimum absolute atomic E-state index is 0.0628. The van der Waals surface area contributed by atoms with Crippen molar-refractivity contribution in [2.24, 2.45) is 0 Å². The molecular weight excluding hydrogens is 252 g/mol. The van der Waals surface area contributed by atoms with E-state index in [1.807, 2.05) is 39.0 Å². The van der Waals surface area contributed by atoms with Crippen LogP contribution < -0.4 is 10.2 Å². The summed E-state index contributed by atoms with van der Waals surface area (Å²) in [4.78, 5) is 26.5. The van der Waals surface area contributed by atoms with Crippen LogP contribution in [0, 0.1) is 13.8 Å². The molecular formula is C16H22N2O2. The van der Waals surface area contributed by atoms with Crippen LogP contribution in [0.1, 0.15) is 38.3 Å². The minimum Gasteiger partial charge on any atom is -0.340 e. The molecule has 1 N–H and O–H groups in total. The Morgan fingerprint density at radius 1 is 1.20 bits per heavy atom. The molecule has 1 heterocycles. The van der Waals surface area contributed by atoms with Gasteiger partial charge in [-0.25, -0.2) is 0 Å².